The fourth-order valence-electron chi connectivity index (χ4n) is 3.75. The molecule has 0 saturated heterocycles. The summed E-state index contributed by atoms with van der Waals surface area (Å²) in [6, 6.07) is 0. The van der Waals surface area contributed by atoms with Crippen molar-refractivity contribution < 1.29 is 24.9 Å². The molecule has 2 aliphatic carbocycles. The predicted octanol–water partition coefficient (Wildman–Crippen LogP) is 2.70. The Morgan fingerprint density at radius 3 is 2.73 bits per heavy atom. The quantitative estimate of drug-likeness (QED) is 0.351. The van der Waals surface area contributed by atoms with Gasteiger partial charge in [0.2, 0.25) is 0 Å². The molecule has 0 aromatic carbocycles. The molecule has 3 N–H and O–H groups in total. The lowest BCUT2D eigenvalue weighted by Crippen LogP contribution is -2.38. The first kappa shape index (κ1) is 20.7. The van der Waals surface area contributed by atoms with Crippen LogP contribution >= 0.6 is 0 Å². The molecule has 2 rings (SSSR count). The largest absolute Gasteiger partial charge is 0.481 e. The molecule has 4 atom stereocenters. The fraction of sp³-hybridized carbons (Fsp3) is 0.714. The minimum atomic E-state index is -0.805. The van der Waals surface area contributed by atoms with Crippen LogP contribution in [-0.2, 0) is 9.59 Å². The van der Waals surface area contributed by atoms with Gasteiger partial charge in [-0.15, -0.1) is 5.92 Å². The third kappa shape index (κ3) is 5.43. The van der Waals surface area contributed by atoms with Gasteiger partial charge in [-0.1, -0.05) is 31.4 Å². The van der Waals surface area contributed by atoms with Crippen molar-refractivity contribution in [2.45, 2.75) is 76.9 Å². The molecule has 0 aliphatic heterocycles. The van der Waals surface area contributed by atoms with Crippen molar-refractivity contribution in [3.8, 4) is 11.8 Å². The average Bonchev–Trinajstić information content (AvgIpc) is 2.81. The maximum atomic E-state index is 12.1. The molecule has 0 aromatic rings. The van der Waals surface area contributed by atoms with Gasteiger partial charge >= 0.3 is 5.97 Å². The van der Waals surface area contributed by atoms with Crippen LogP contribution in [0.1, 0.15) is 64.7 Å². The second-order valence-electron chi connectivity index (χ2n) is 7.91. The van der Waals surface area contributed by atoms with E-state index in [2.05, 4.69) is 18.8 Å². The van der Waals surface area contributed by atoms with Crippen LogP contribution in [0, 0.1) is 29.1 Å². The molecule has 0 heterocycles. The fourth-order valence-corrected chi connectivity index (χ4v) is 3.75. The van der Waals surface area contributed by atoms with Crippen molar-refractivity contribution in [2.75, 3.05) is 0 Å². The molecule has 0 spiro atoms. The van der Waals surface area contributed by atoms with Gasteiger partial charge < -0.3 is 15.3 Å². The third-order valence-electron chi connectivity index (χ3n) is 5.85. The van der Waals surface area contributed by atoms with E-state index in [1.54, 1.807) is 0 Å². The molecule has 5 heteroatoms. The van der Waals surface area contributed by atoms with Crippen molar-refractivity contribution in [2.24, 2.45) is 17.3 Å². The number of aliphatic hydroxyl groups excluding tert-OH is 2. The molecule has 5 nitrogen and oxygen atoms in total. The van der Waals surface area contributed by atoms with Crippen LogP contribution in [0.2, 0.25) is 0 Å². The molecule has 0 aromatic heterocycles. The van der Waals surface area contributed by atoms with Crippen molar-refractivity contribution >= 4 is 11.8 Å². The molecule has 144 valence electrons. The summed E-state index contributed by atoms with van der Waals surface area (Å²) in [5, 5.41) is 29.0. The number of carboxylic acids is 1. The zero-order valence-corrected chi connectivity index (χ0v) is 15.5. The molecule has 0 bridgehead atoms. The molecule has 2 fully saturated rings. The van der Waals surface area contributed by atoms with E-state index in [1.165, 1.54) is 0 Å². The summed E-state index contributed by atoms with van der Waals surface area (Å²) in [5.74, 6) is 4.57. The molecular weight excluding hydrogens is 332 g/mol. The predicted molar refractivity (Wildman–Crippen MR) is 98.2 cm³/mol. The Balaban J connectivity index is 1.85. The summed E-state index contributed by atoms with van der Waals surface area (Å²) in [5.41, 5.74) is -0.0309. The number of hydrogen-bond acceptors (Lipinski definition) is 4. The SMILES string of the molecule is CC1(C(O)CC#C[C@H]2[C@H](O)CC(=O)[C@@H]2C/C=C\CCCC(=O)O)CCC1. The van der Waals surface area contributed by atoms with Gasteiger partial charge in [-0.05, 0) is 37.5 Å². The Kier molecular flexibility index (Phi) is 7.43. The van der Waals surface area contributed by atoms with Crippen LogP contribution in [0.15, 0.2) is 12.2 Å². The maximum Gasteiger partial charge on any atom is 0.303 e. The van der Waals surface area contributed by atoms with Crippen LogP contribution < -0.4 is 0 Å². The molecule has 1 unspecified atom stereocenters. The smallest absolute Gasteiger partial charge is 0.303 e. The lowest BCUT2D eigenvalue weighted by atomic mass is 9.66. The second kappa shape index (κ2) is 9.34. The van der Waals surface area contributed by atoms with Crippen molar-refractivity contribution in [1.29, 1.82) is 0 Å². The Morgan fingerprint density at radius 1 is 1.38 bits per heavy atom. The monoisotopic (exact) mass is 362 g/mol. The van der Waals surface area contributed by atoms with Gasteiger partial charge in [-0.3, -0.25) is 9.59 Å². The summed E-state index contributed by atoms with van der Waals surface area (Å²) in [4.78, 5) is 22.6. The van der Waals surface area contributed by atoms with Gasteiger partial charge in [0.25, 0.3) is 0 Å². The van der Waals surface area contributed by atoms with Gasteiger partial charge in [0.05, 0.1) is 18.1 Å². The number of aliphatic carboxylic acids is 1. The van der Waals surface area contributed by atoms with E-state index in [0.717, 1.165) is 19.3 Å². The van der Waals surface area contributed by atoms with E-state index in [0.29, 0.717) is 25.7 Å². The number of rotatable bonds is 8. The first-order valence-electron chi connectivity index (χ1n) is 9.57. The van der Waals surface area contributed by atoms with Crippen molar-refractivity contribution in [1.82, 2.24) is 0 Å². The summed E-state index contributed by atoms with van der Waals surface area (Å²) in [6.07, 6.45) is 8.20. The van der Waals surface area contributed by atoms with Crippen LogP contribution in [0.4, 0.5) is 0 Å². The minimum Gasteiger partial charge on any atom is -0.481 e. The highest BCUT2D eigenvalue weighted by atomic mass is 16.4. The molecule has 0 radical (unpaired) electrons. The van der Waals surface area contributed by atoms with Gasteiger partial charge in [0, 0.05) is 25.2 Å². The summed E-state index contributed by atoms with van der Waals surface area (Å²) in [7, 11) is 0. The van der Waals surface area contributed by atoms with Gasteiger partial charge in [0.15, 0.2) is 0 Å². The lowest BCUT2D eigenvalue weighted by Gasteiger charge is -2.41. The number of carbonyl (C=O) groups is 2. The highest BCUT2D eigenvalue weighted by Gasteiger charge is 2.40. The second-order valence-corrected chi connectivity index (χ2v) is 7.91. The van der Waals surface area contributed by atoms with E-state index in [4.69, 9.17) is 5.11 Å². The minimum absolute atomic E-state index is 0.0264. The Bertz CT molecular complexity index is 593. The van der Waals surface area contributed by atoms with E-state index in [-0.39, 0.29) is 35.9 Å². The molecule has 2 aliphatic rings. The number of Topliss-reactive ketones (excluding diaryl/α,β-unsaturated/α-hetero) is 1. The molecule has 2 saturated carbocycles. The van der Waals surface area contributed by atoms with Gasteiger partial charge in [0.1, 0.15) is 5.78 Å². The van der Waals surface area contributed by atoms with Crippen LogP contribution in [0.5, 0.6) is 0 Å². The first-order valence-corrected chi connectivity index (χ1v) is 9.57. The van der Waals surface area contributed by atoms with Crippen molar-refractivity contribution in [3.63, 3.8) is 0 Å². The maximum absolute atomic E-state index is 12.1. The van der Waals surface area contributed by atoms with Crippen LogP contribution in [0.3, 0.4) is 0 Å². The van der Waals surface area contributed by atoms with E-state index >= 15 is 0 Å². The van der Waals surface area contributed by atoms with Crippen molar-refractivity contribution in [3.05, 3.63) is 12.2 Å². The standard InChI is InChI=1S/C21H30O5/c1-21(12-7-13-21)19(24)10-6-9-16-15(17(22)14-18(16)23)8-4-2-3-5-11-20(25)26/h2,4,15-16,18-19,23-24H,3,5,7-8,10-14H2,1H3,(H,25,26)/b4-2-/t15-,16-,18-,19?/m1/s1. The van der Waals surface area contributed by atoms with Crippen LogP contribution in [0.25, 0.3) is 0 Å². The number of carboxylic acid groups (broad SMARTS) is 1. The number of allylic oxidation sites excluding steroid dienone is 2. The molecular formula is C21H30O5. The molecule has 26 heavy (non-hydrogen) atoms. The van der Waals surface area contributed by atoms with E-state index in [9.17, 15) is 19.8 Å². The number of aliphatic hydroxyl groups is 2. The summed E-state index contributed by atoms with van der Waals surface area (Å²) >= 11 is 0. The topological polar surface area (TPSA) is 94.8 Å². The highest BCUT2D eigenvalue weighted by molar-refractivity contribution is 5.85. The lowest BCUT2D eigenvalue weighted by molar-refractivity contribution is -0.137. The number of unbranched alkanes of at least 4 members (excludes halogenated alkanes) is 1. The van der Waals surface area contributed by atoms with Gasteiger partial charge in [-0.25, -0.2) is 0 Å². The zero-order chi connectivity index (χ0) is 19.2. The number of ketones is 1. The normalized spacial score (nSPS) is 28.4. The summed E-state index contributed by atoms with van der Waals surface area (Å²) in [6.45, 7) is 2.08. The Hall–Kier alpha value is -1.64. The van der Waals surface area contributed by atoms with Crippen LogP contribution in [-0.4, -0.2) is 39.3 Å². The van der Waals surface area contributed by atoms with Gasteiger partial charge in [-0.2, -0.15) is 0 Å². The highest BCUT2D eigenvalue weighted by Crippen LogP contribution is 2.44. The van der Waals surface area contributed by atoms with E-state index < -0.39 is 18.2 Å². The number of hydrogen-bond donors (Lipinski definition) is 3. The Morgan fingerprint density at radius 2 is 2.12 bits per heavy atom. The first-order chi connectivity index (χ1) is 12.3. The average molecular weight is 362 g/mol. The van der Waals surface area contributed by atoms with E-state index in [1.807, 2.05) is 12.2 Å². The molecule has 0 amide bonds. The Labute approximate surface area is 155 Å². The summed E-state index contributed by atoms with van der Waals surface area (Å²) < 4.78 is 0. The number of carbonyl (C=O) groups excluding carboxylic acids is 1. The zero-order valence-electron chi connectivity index (χ0n) is 15.5. The third-order valence-corrected chi connectivity index (χ3v) is 5.85.